The predicted octanol–water partition coefficient (Wildman–Crippen LogP) is 2.74. The molecule has 1 rings (SSSR count). The average Bonchev–Trinajstić information content (AvgIpc) is 2.38. The third-order valence-corrected chi connectivity index (χ3v) is 3.48. The number of carbonyl (C=O) groups excluding carboxylic acids is 1. The zero-order chi connectivity index (χ0) is 15.1. The lowest BCUT2D eigenvalue weighted by atomic mass is 10.0. The number of hydrogen-bond acceptors (Lipinski definition) is 3. The normalized spacial score (nSPS) is 13.9. The number of hydrogen-bond donors (Lipinski definition) is 2. The first-order valence-corrected chi connectivity index (χ1v) is 7.57. The van der Waals surface area contributed by atoms with E-state index in [0.717, 1.165) is 4.47 Å². The fourth-order valence-electron chi connectivity index (χ4n) is 1.62. The molecule has 1 amide bonds. The maximum atomic E-state index is 11.9. The number of amides is 1. The van der Waals surface area contributed by atoms with Gasteiger partial charge in [-0.25, -0.2) is 0 Å². The van der Waals surface area contributed by atoms with Crippen LogP contribution in [0.3, 0.4) is 0 Å². The van der Waals surface area contributed by atoms with Gasteiger partial charge in [0.25, 0.3) is 5.91 Å². The quantitative estimate of drug-likeness (QED) is 0.800. The van der Waals surface area contributed by atoms with Crippen LogP contribution in [0.4, 0.5) is 0 Å². The smallest absolute Gasteiger partial charge is 0.260 e. The van der Waals surface area contributed by atoms with Crippen molar-refractivity contribution in [2.75, 3.05) is 6.54 Å². The molecule has 2 atom stereocenters. The van der Waals surface area contributed by atoms with Gasteiger partial charge in [0.15, 0.2) is 6.10 Å². The molecule has 0 saturated carbocycles. The van der Waals surface area contributed by atoms with Crippen LogP contribution >= 0.6 is 15.9 Å². The highest BCUT2D eigenvalue weighted by atomic mass is 79.9. The van der Waals surface area contributed by atoms with Crippen molar-refractivity contribution in [2.24, 2.45) is 5.92 Å². The Hall–Kier alpha value is -1.07. The second kappa shape index (κ2) is 8.27. The highest BCUT2D eigenvalue weighted by molar-refractivity contribution is 9.10. The van der Waals surface area contributed by atoms with Crippen molar-refractivity contribution in [1.29, 1.82) is 0 Å². The molecule has 0 aliphatic rings. The van der Waals surface area contributed by atoms with Crippen LogP contribution in [0.15, 0.2) is 28.7 Å². The maximum absolute atomic E-state index is 11.9. The molecule has 0 aromatic heterocycles. The first-order chi connectivity index (χ1) is 9.40. The molecule has 0 radical (unpaired) electrons. The fraction of sp³-hybridized carbons (Fsp3) is 0.533. The molecular formula is C15H22BrNO3. The molecule has 2 unspecified atom stereocenters. The standard InChI is InChI=1S/C15H22BrNO3/c1-10(2)14(18)7-8-17-15(19)11(3)20-13-6-4-5-12(16)9-13/h4-6,9-11,14,18H,7-8H2,1-3H3,(H,17,19). The molecule has 0 fully saturated rings. The van der Waals surface area contributed by atoms with Crippen molar-refractivity contribution in [3.63, 3.8) is 0 Å². The molecule has 0 bridgehead atoms. The molecule has 1 aromatic carbocycles. The van der Waals surface area contributed by atoms with Gasteiger partial charge in [-0.3, -0.25) is 4.79 Å². The number of nitrogens with one attached hydrogen (secondary N) is 1. The zero-order valence-electron chi connectivity index (χ0n) is 12.1. The van der Waals surface area contributed by atoms with E-state index in [1.807, 2.05) is 32.0 Å². The van der Waals surface area contributed by atoms with Gasteiger partial charge in [0.05, 0.1) is 6.10 Å². The molecule has 4 nitrogen and oxygen atoms in total. The Balaban J connectivity index is 2.36. The molecular weight excluding hydrogens is 322 g/mol. The third-order valence-electron chi connectivity index (χ3n) is 2.99. The van der Waals surface area contributed by atoms with E-state index < -0.39 is 12.2 Å². The summed E-state index contributed by atoms with van der Waals surface area (Å²) in [5, 5.41) is 12.4. The van der Waals surface area contributed by atoms with Gasteiger partial charge in [0.2, 0.25) is 0 Å². The van der Waals surface area contributed by atoms with Gasteiger partial charge in [-0.1, -0.05) is 35.8 Å². The van der Waals surface area contributed by atoms with E-state index in [-0.39, 0.29) is 11.8 Å². The van der Waals surface area contributed by atoms with Crippen molar-refractivity contribution in [1.82, 2.24) is 5.32 Å². The molecule has 112 valence electrons. The van der Waals surface area contributed by atoms with Gasteiger partial charge in [-0.15, -0.1) is 0 Å². The number of aliphatic hydroxyl groups is 1. The molecule has 1 aromatic rings. The van der Waals surface area contributed by atoms with Gasteiger partial charge in [-0.05, 0) is 37.5 Å². The van der Waals surface area contributed by atoms with Crippen molar-refractivity contribution in [3.05, 3.63) is 28.7 Å². The Morgan fingerprint density at radius 3 is 2.70 bits per heavy atom. The highest BCUT2D eigenvalue weighted by Gasteiger charge is 2.15. The average molecular weight is 344 g/mol. The second-order valence-electron chi connectivity index (χ2n) is 5.11. The van der Waals surface area contributed by atoms with Crippen molar-refractivity contribution >= 4 is 21.8 Å². The summed E-state index contributed by atoms with van der Waals surface area (Å²) in [5.41, 5.74) is 0. The number of benzene rings is 1. The summed E-state index contributed by atoms with van der Waals surface area (Å²) in [5.74, 6) is 0.660. The Morgan fingerprint density at radius 2 is 2.10 bits per heavy atom. The summed E-state index contributed by atoms with van der Waals surface area (Å²) in [6.45, 7) is 6.05. The van der Waals surface area contributed by atoms with Gasteiger partial charge in [0, 0.05) is 11.0 Å². The van der Waals surface area contributed by atoms with Crippen molar-refractivity contribution in [3.8, 4) is 5.75 Å². The molecule has 0 heterocycles. The lowest BCUT2D eigenvalue weighted by Crippen LogP contribution is -2.38. The summed E-state index contributed by atoms with van der Waals surface area (Å²) >= 11 is 3.35. The number of ether oxygens (including phenoxy) is 1. The van der Waals surface area contributed by atoms with Crippen LogP contribution in [0.1, 0.15) is 27.2 Å². The largest absolute Gasteiger partial charge is 0.481 e. The van der Waals surface area contributed by atoms with E-state index in [2.05, 4.69) is 21.2 Å². The van der Waals surface area contributed by atoms with Gasteiger partial charge in [0.1, 0.15) is 5.75 Å². The first kappa shape index (κ1) is 17.0. The van der Waals surface area contributed by atoms with Crippen LogP contribution in [-0.2, 0) is 4.79 Å². The van der Waals surface area contributed by atoms with Gasteiger partial charge < -0.3 is 15.2 Å². The molecule has 20 heavy (non-hydrogen) atoms. The minimum Gasteiger partial charge on any atom is -0.481 e. The molecule has 5 heteroatoms. The minimum absolute atomic E-state index is 0.180. The number of carbonyl (C=O) groups is 1. The first-order valence-electron chi connectivity index (χ1n) is 6.78. The molecule has 0 aliphatic heterocycles. The lowest BCUT2D eigenvalue weighted by Gasteiger charge is -2.17. The number of aliphatic hydroxyl groups excluding tert-OH is 1. The Morgan fingerprint density at radius 1 is 1.40 bits per heavy atom. The second-order valence-corrected chi connectivity index (χ2v) is 6.02. The van der Waals surface area contributed by atoms with Crippen LogP contribution in [0.25, 0.3) is 0 Å². The van der Waals surface area contributed by atoms with Crippen molar-refractivity contribution < 1.29 is 14.6 Å². The summed E-state index contributed by atoms with van der Waals surface area (Å²) in [7, 11) is 0. The predicted molar refractivity (Wildman–Crippen MR) is 82.7 cm³/mol. The van der Waals surface area contributed by atoms with Crippen LogP contribution < -0.4 is 10.1 Å². The van der Waals surface area contributed by atoms with Gasteiger partial charge in [-0.2, -0.15) is 0 Å². The maximum Gasteiger partial charge on any atom is 0.260 e. The van der Waals surface area contributed by atoms with E-state index in [1.54, 1.807) is 13.0 Å². The van der Waals surface area contributed by atoms with Crippen LogP contribution in [0.2, 0.25) is 0 Å². The molecule has 0 saturated heterocycles. The van der Waals surface area contributed by atoms with E-state index in [4.69, 9.17) is 4.74 Å². The molecule has 2 N–H and O–H groups in total. The van der Waals surface area contributed by atoms with E-state index in [0.29, 0.717) is 18.7 Å². The SMILES string of the molecule is CC(Oc1cccc(Br)c1)C(=O)NCCC(O)C(C)C. The van der Waals surface area contributed by atoms with E-state index >= 15 is 0 Å². The number of halogens is 1. The number of rotatable bonds is 7. The van der Waals surface area contributed by atoms with Gasteiger partial charge >= 0.3 is 0 Å². The topological polar surface area (TPSA) is 58.6 Å². The zero-order valence-corrected chi connectivity index (χ0v) is 13.7. The van der Waals surface area contributed by atoms with E-state index in [9.17, 15) is 9.90 Å². The Kier molecular flexibility index (Phi) is 7.02. The van der Waals surface area contributed by atoms with E-state index in [1.165, 1.54) is 0 Å². The summed E-state index contributed by atoms with van der Waals surface area (Å²) in [6, 6.07) is 7.36. The Bertz CT molecular complexity index is 437. The van der Waals surface area contributed by atoms with Crippen LogP contribution in [-0.4, -0.2) is 29.8 Å². The van der Waals surface area contributed by atoms with Crippen LogP contribution in [0.5, 0.6) is 5.75 Å². The molecule has 0 spiro atoms. The monoisotopic (exact) mass is 343 g/mol. The van der Waals surface area contributed by atoms with Crippen LogP contribution in [0, 0.1) is 5.92 Å². The summed E-state index contributed by atoms with van der Waals surface area (Å²) < 4.78 is 6.46. The Labute approximate surface area is 128 Å². The summed E-state index contributed by atoms with van der Waals surface area (Å²) in [6.07, 6.45) is -0.412. The third kappa shape index (κ3) is 5.92. The minimum atomic E-state index is -0.569. The highest BCUT2D eigenvalue weighted by Crippen LogP contribution is 2.18. The summed E-state index contributed by atoms with van der Waals surface area (Å²) in [4.78, 5) is 11.9. The fourth-order valence-corrected chi connectivity index (χ4v) is 2.00. The molecule has 0 aliphatic carbocycles. The lowest BCUT2D eigenvalue weighted by molar-refractivity contribution is -0.127. The van der Waals surface area contributed by atoms with Crippen molar-refractivity contribution in [2.45, 2.75) is 39.4 Å².